The predicted molar refractivity (Wildman–Crippen MR) is 110 cm³/mol. The number of rotatable bonds is 4. The molecule has 0 fully saturated rings. The summed E-state index contributed by atoms with van der Waals surface area (Å²) in [5, 5.41) is 20.9. The van der Waals surface area contributed by atoms with Crippen LogP contribution in [0.15, 0.2) is 35.8 Å². The van der Waals surface area contributed by atoms with Crippen LogP contribution in [0, 0.1) is 42.3 Å². The highest BCUT2D eigenvalue weighted by Crippen LogP contribution is 2.34. The summed E-state index contributed by atoms with van der Waals surface area (Å²) in [6.45, 7) is 3.70. The van der Waals surface area contributed by atoms with Gasteiger partial charge < -0.3 is 10.1 Å². The number of thiazole rings is 1. The molecule has 0 bridgehead atoms. The van der Waals surface area contributed by atoms with Gasteiger partial charge in [-0.1, -0.05) is 0 Å². The Morgan fingerprint density at radius 2 is 1.83 bits per heavy atom. The largest absolute Gasteiger partial charge is 0.436 e. The van der Waals surface area contributed by atoms with Gasteiger partial charge in [-0.15, -0.1) is 11.3 Å². The number of anilines is 2. The van der Waals surface area contributed by atoms with Crippen LogP contribution in [0.2, 0.25) is 0 Å². The molecule has 7 nitrogen and oxygen atoms in total. The Balaban J connectivity index is 1.73. The average molecular weight is 416 g/mol. The van der Waals surface area contributed by atoms with Crippen LogP contribution >= 0.6 is 11.3 Å². The summed E-state index contributed by atoms with van der Waals surface area (Å²) in [4.78, 5) is 13.7. The second kappa shape index (κ2) is 7.74. The van der Waals surface area contributed by atoms with Crippen LogP contribution in [0.4, 0.5) is 16.0 Å². The van der Waals surface area contributed by atoms with Gasteiger partial charge in [0.1, 0.15) is 17.6 Å². The van der Waals surface area contributed by atoms with E-state index in [4.69, 9.17) is 15.3 Å². The van der Waals surface area contributed by atoms with Crippen molar-refractivity contribution in [2.75, 3.05) is 5.32 Å². The van der Waals surface area contributed by atoms with Gasteiger partial charge in [0.05, 0.1) is 22.7 Å². The molecule has 30 heavy (non-hydrogen) atoms. The van der Waals surface area contributed by atoms with Crippen molar-refractivity contribution in [2.24, 2.45) is 0 Å². The zero-order chi connectivity index (χ0) is 21.3. The van der Waals surface area contributed by atoms with Gasteiger partial charge in [0.25, 0.3) is 5.88 Å². The molecule has 4 aromatic rings. The van der Waals surface area contributed by atoms with Gasteiger partial charge >= 0.3 is 0 Å². The predicted octanol–water partition coefficient (Wildman–Crippen LogP) is 5.12. The average Bonchev–Trinajstić information content (AvgIpc) is 3.19. The van der Waals surface area contributed by atoms with Crippen LogP contribution in [-0.4, -0.2) is 15.0 Å². The fraction of sp³-hybridized carbons (Fsp3) is 0.0952. The van der Waals surface area contributed by atoms with Crippen LogP contribution < -0.4 is 10.1 Å². The lowest BCUT2D eigenvalue weighted by molar-refractivity contribution is 0.461. The smallest absolute Gasteiger partial charge is 0.252 e. The zero-order valence-electron chi connectivity index (χ0n) is 15.9. The normalized spacial score (nSPS) is 10.4. The lowest BCUT2D eigenvalue weighted by Crippen LogP contribution is -2.01. The third-order valence-corrected chi connectivity index (χ3v) is 5.02. The molecule has 0 aliphatic rings. The van der Waals surface area contributed by atoms with Crippen LogP contribution in [-0.2, 0) is 0 Å². The molecule has 0 aliphatic carbocycles. The van der Waals surface area contributed by atoms with E-state index >= 15 is 0 Å². The van der Waals surface area contributed by atoms with Crippen LogP contribution in [0.5, 0.6) is 11.6 Å². The van der Waals surface area contributed by atoms with Crippen molar-refractivity contribution in [1.82, 2.24) is 15.0 Å². The molecule has 146 valence electrons. The quantitative estimate of drug-likeness (QED) is 0.492. The van der Waals surface area contributed by atoms with Crippen molar-refractivity contribution in [1.29, 1.82) is 10.5 Å². The molecule has 4 rings (SSSR count). The highest BCUT2D eigenvalue weighted by molar-refractivity contribution is 7.16. The van der Waals surface area contributed by atoms with E-state index < -0.39 is 5.82 Å². The number of hydrogen-bond donors (Lipinski definition) is 1. The molecule has 0 unspecified atom stereocenters. The molecule has 0 radical (unpaired) electrons. The number of nitriles is 2. The molecule has 2 heterocycles. The number of fused-ring (bicyclic) bond motifs is 1. The summed E-state index contributed by atoms with van der Waals surface area (Å²) in [7, 11) is 0. The van der Waals surface area contributed by atoms with Crippen molar-refractivity contribution in [3.05, 3.63) is 63.9 Å². The fourth-order valence-corrected chi connectivity index (χ4v) is 3.60. The molecule has 0 saturated heterocycles. The third-order valence-electron chi connectivity index (χ3n) is 4.30. The van der Waals surface area contributed by atoms with E-state index in [1.54, 1.807) is 29.8 Å². The molecular weight excluding hydrogens is 403 g/mol. The SMILES string of the molecule is Cc1cc(C#N)cc(C)c1Oc1nc(Nc2ccc(C#N)c(F)c2)nc2scnc12. The summed E-state index contributed by atoms with van der Waals surface area (Å²) < 4.78 is 20.0. The van der Waals surface area contributed by atoms with Crippen molar-refractivity contribution in [2.45, 2.75) is 13.8 Å². The topological polar surface area (TPSA) is 108 Å². The highest BCUT2D eigenvalue weighted by Gasteiger charge is 2.16. The standard InChI is InChI=1S/C21H13FN6OS/c1-11-5-13(8-23)6-12(2)18(11)29-19-17-20(30-10-25-17)28-21(27-19)26-15-4-3-14(9-24)16(22)7-15/h3-7,10H,1-2H3,(H,26,27,28). The molecule has 0 aliphatic heterocycles. The Bertz CT molecular complexity index is 1350. The van der Waals surface area contributed by atoms with E-state index in [1.807, 2.05) is 13.8 Å². The second-order valence-electron chi connectivity index (χ2n) is 6.44. The fourth-order valence-electron chi connectivity index (χ4n) is 2.95. The Morgan fingerprint density at radius 1 is 1.07 bits per heavy atom. The van der Waals surface area contributed by atoms with Gasteiger partial charge in [-0.05, 0) is 55.3 Å². The van der Waals surface area contributed by atoms with Gasteiger partial charge in [0.15, 0.2) is 10.3 Å². The first-order chi connectivity index (χ1) is 14.5. The van der Waals surface area contributed by atoms with Crippen molar-refractivity contribution in [3.8, 4) is 23.8 Å². The molecule has 0 atom stereocenters. The Kier molecular flexibility index (Phi) is 4.97. The number of nitrogens with one attached hydrogen (secondary N) is 1. The molecule has 9 heteroatoms. The lowest BCUT2D eigenvalue weighted by Gasteiger charge is -2.13. The minimum atomic E-state index is -0.637. The Morgan fingerprint density at radius 3 is 2.50 bits per heavy atom. The van der Waals surface area contributed by atoms with Crippen molar-refractivity contribution >= 4 is 33.3 Å². The van der Waals surface area contributed by atoms with E-state index in [-0.39, 0.29) is 17.4 Å². The van der Waals surface area contributed by atoms with E-state index in [0.29, 0.717) is 27.3 Å². The van der Waals surface area contributed by atoms with Gasteiger partial charge in [-0.2, -0.15) is 20.5 Å². The van der Waals surface area contributed by atoms with E-state index in [9.17, 15) is 4.39 Å². The first kappa shape index (κ1) is 19.2. The second-order valence-corrected chi connectivity index (χ2v) is 7.28. The summed E-state index contributed by atoms with van der Waals surface area (Å²) in [6, 6.07) is 11.5. The summed E-state index contributed by atoms with van der Waals surface area (Å²) in [6.07, 6.45) is 0. The summed E-state index contributed by atoms with van der Waals surface area (Å²) >= 11 is 1.32. The van der Waals surface area contributed by atoms with Crippen LogP contribution in [0.25, 0.3) is 10.3 Å². The van der Waals surface area contributed by atoms with Gasteiger partial charge in [-0.3, -0.25) is 0 Å². The number of aromatic nitrogens is 3. The maximum Gasteiger partial charge on any atom is 0.252 e. The monoisotopic (exact) mass is 416 g/mol. The van der Waals surface area contributed by atoms with Gasteiger partial charge in [0, 0.05) is 5.69 Å². The number of benzene rings is 2. The number of ether oxygens (including phenoxy) is 1. The van der Waals surface area contributed by atoms with Gasteiger partial charge in [0.2, 0.25) is 5.95 Å². The van der Waals surface area contributed by atoms with E-state index in [1.165, 1.54) is 23.5 Å². The number of aryl methyl sites for hydroxylation is 2. The summed E-state index contributed by atoms with van der Waals surface area (Å²) in [5.41, 5.74) is 4.61. The van der Waals surface area contributed by atoms with Gasteiger partial charge in [-0.25, -0.2) is 9.37 Å². The highest BCUT2D eigenvalue weighted by atomic mass is 32.1. The minimum absolute atomic E-state index is 0.0461. The molecular formula is C21H13FN6OS. The van der Waals surface area contributed by atoms with E-state index in [0.717, 1.165) is 11.1 Å². The van der Waals surface area contributed by atoms with Crippen molar-refractivity contribution < 1.29 is 9.13 Å². The maximum absolute atomic E-state index is 13.9. The van der Waals surface area contributed by atoms with Crippen molar-refractivity contribution in [3.63, 3.8) is 0 Å². The Hall–Kier alpha value is -4.08. The molecule has 2 aromatic carbocycles. The van der Waals surface area contributed by atoms with Crippen LogP contribution in [0.3, 0.4) is 0 Å². The minimum Gasteiger partial charge on any atom is -0.436 e. The molecule has 1 N–H and O–H groups in total. The molecule has 0 spiro atoms. The number of hydrogen-bond acceptors (Lipinski definition) is 8. The molecule has 2 aromatic heterocycles. The lowest BCUT2D eigenvalue weighted by atomic mass is 10.1. The first-order valence-electron chi connectivity index (χ1n) is 8.75. The molecule has 0 amide bonds. The molecule has 0 saturated carbocycles. The first-order valence-corrected chi connectivity index (χ1v) is 9.63. The summed E-state index contributed by atoms with van der Waals surface area (Å²) in [5.74, 6) is 0.391. The maximum atomic E-state index is 13.9. The van der Waals surface area contributed by atoms with Crippen LogP contribution in [0.1, 0.15) is 22.3 Å². The van der Waals surface area contributed by atoms with E-state index in [2.05, 4.69) is 26.3 Å². The third kappa shape index (κ3) is 3.62. The number of halogens is 1. The zero-order valence-corrected chi connectivity index (χ0v) is 16.7. The number of nitrogens with zero attached hydrogens (tertiary/aromatic N) is 5. The Labute approximate surface area is 175 Å².